The normalized spacial score (nSPS) is 12.3. The van der Waals surface area contributed by atoms with E-state index in [1.165, 1.54) is 6.08 Å². The number of amides is 1. The lowest BCUT2D eigenvalue weighted by Gasteiger charge is -2.17. The lowest BCUT2D eigenvalue weighted by atomic mass is 10.0. The SMILES string of the molecule is C=CCOC(=O)N[C@H](CO)CC(C)C. The van der Waals surface area contributed by atoms with Crippen LogP contribution in [0.4, 0.5) is 4.79 Å². The molecular weight excluding hydrogens is 182 g/mol. The second kappa shape index (κ2) is 7.38. The van der Waals surface area contributed by atoms with Crippen molar-refractivity contribution in [2.24, 2.45) is 5.92 Å². The van der Waals surface area contributed by atoms with Crippen LogP contribution in [0.3, 0.4) is 0 Å². The average Bonchev–Trinajstić information content (AvgIpc) is 2.12. The van der Waals surface area contributed by atoms with Gasteiger partial charge in [-0.1, -0.05) is 26.5 Å². The zero-order chi connectivity index (χ0) is 11.0. The molecule has 0 rings (SSSR count). The monoisotopic (exact) mass is 201 g/mol. The fourth-order valence-corrected chi connectivity index (χ4v) is 1.09. The van der Waals surface area contributed by atoms with Crippen LogP contribution >= 0.6 is 0 Å². The van der Waals surface area contributed by atoms with Crippen molar-refractivity contribution in [3.8, 4) is 0 Å². The van der Waals surface area contributed by atoms with E-state index in [1.807, 2.05) is 13.8 Å². The Labute approximate surface area is 85.0 Å². The van der Waals surface area contributed by atoms with Crippen LogP contribution in [-0.4, -0.2) is 30.5 Å². The maximum absolute atomic E-state index is 11.1. The number of ether oxygens (including phenoxy) is 1. The van der Waals surface area contributed by atoms with E-state index < -0.39 is 6.09 Å². The van der Waals surface area contributed by atoms with E-state index in [9.17, 15) is 4.79 Å². The summed E-state index contributed by atoms with van der Waals surface area (Å²) in [5.41, 5.74) is 0. The van der Waals surface area contributed by atoms with Crippen molar-refractivity contribution in [2.45, 2.75) is 26.3 Å². The van der Waals surface area contributed by atoms with Crippen molar-refractivity contribution in [1.82, 2.24) is 5.32 Å². The van der Waals surface area contributed by atoms with Gasteiger partial charge in [-0.2, -0.15) is 0 Å². The molecule has 0 aliphatic rings. The fraction of sp³-hybridized carbons (Fsp3) is 0.700. The summed E-state index contributed by atoms with van der Waals surface area (Å²) in [6.07, 6.45) is 1.72. The number of carbonyl (C=O) groups is 1. The fourth-order valence-electron chi connectivity index (χ4n) is 1.09. The number of rotatable bonds is 6. The zero-order valence-electron chi connectivity index (χ0n) is 8.82. The minimum atomic E-state index is -0.510. The van der Waals surface area contributed by atoms with Gasteiger partial charge in [-0.05, 0) is 12.3 Å². The molecule has 0 heterocycles. The molecule has 1 amide bonds. The Bertz CT molecular complexity index is 180. The van der Waals surface area contributed by atoms with Gasteiger partial charge < -0.3 is 15.2 Å². The van der Waals surface area contributed by atoms with Crippen LogP contribution in [0.2, 0.25) is 0 Å². The third-order valence-corrected chi connectivity index (χ3v) is 1.63. The molecule has 0 spiro atoms. The standard InChI is InChI=1S/C10H19NO3/c1-4-5-14-10(13)11-9(7-12)6-8(2)3/h4,8-9,12H,1,5-7H2,2-3H3,(H,11,13)/t9-/m0/s1. The minimum absolute atomic E-state index is 0.0681. The van der Waals surface area contributed by atoms with Crippen molar-refractivity contribution in [3.05, 3.63) is 12.7 Å². The molecule has 2 N–H and O–H groups in total. The molecule has 0 aliphatic carbocycles. The Morgan fingerprint density at radius 2 is 2.29 bits per heavy atom. The predicted molar refractivity (Wildman–Crippen MR) is 55.0 cm³/mol. The minimum Gasteiger partial charge on any atom is -0.445 e. The number of alkyl carbamates (subject to hydrolysis) is 1. The summed E-state index contributed by atoms with van der Waals surface area (Å²) >= 11 is 0. The Kier molecular flexibility index (Phi) is 6.84. The van der Waals surface area contributed by atoms with Gasteiger partial charge in [0.25, 0.3) is 0 Å². The molecule has 0 aromatic heterocycles. The van der Waals surface area contributed by atoms with E-state index in [-0.39, 0.29) is 19.3 Å². The van der Waals surface area contributed by atoms with Gasteiger partial charge in [0.1, 0.15) is 6.61 Å². The molecule has 0 radical (unpaired) electrons. The van der Waals surface area contributed by atoms with E-state index in [0.29, 0.717) is 5.92 Å². The van der Waals surface area contributed by atoms with Gasteiger partial charge in [-0.3, -0.25) is 0 Å². The predicted octanol–water partition coefficient (Wildman–Crippen LogP) is 1.31. The molecule has 0 saturated heterocycles. The largest absolute Gasteiger partial charge is 0.445 e. The summed E-state index contributed by atoms with van der Waals surface area (Å²) in [5.74, 6) is 0.423. The van der Waals surface area contributed by atoms with Gasteiger partial charge in [0.15, 0.2) is 0 Å². The Hall–Kier alpha value is -1.03. The van der Waals surface area contributed by atoms with Crippen LogP contribution in [0, 0.1) is 5.92 Å². The van der Waals surface area contributed by atoms with Crippen molar-refractivity contribution < 1.29 is 14.6 Å². The van der Waals surface area contributed by atoms with Gasteiger partial charge in [0.05, 0.1) is 12.6 Å². The van der Waals surface area contributed by atoms with Gasteiger partial charge in [0.2, 0.25) is 0 Å². The van der Waals surface area contributed by atoms with Crippen LogP contribution in [0.25, 0.3) is 0 Å². The molecule has 1 atom stereocenters. The lowest BCUT2D eigenvalue weighted by molar-refractivity contribution is 0.142. The number of carbonyl (C=O) groups excluding carboxylic acids is 1. The first-order chi connectivity index (χ1) is 6.60. The van der Waals surface area contributed by atoms with E-state index in [2.05, 4.69) is 11.9 Å². The van der Waals surface area contributed by atoms with E-state index in [1.54, 1.807) is 0 Å². The molecule has 82 valence electrons. The number of aliphatic hydroxyl groups is 1. The highest BCUT2D eigenvalue weighted by atomic mass is 16.5. The molecule has 0 unspecified atom stereocenters. The second-order valence-corrected chi connectivity index (χ2v) is 3.54. The van der Waals surface area contributed by atoms with E-state index >= 15 is 0 Å². The van der Waals surface area contributed by atoms with E-state index in [4.69, 9.17) is 9.84 Å². The lowest BCUT2D eigenvalue weighted by Crippen LogP contribution is -2.38. The highest BCUT2D eigenvalue weighted by Crippen LogP contribution is 2.04. The molecule has 0 bridgehead atoms. The number of hydrogen-bond donors (Lipinski definition) is 2. The zero-order valence-corrected chi connectivity index (χ0v) is 8.82. The molecule has 0 fully saturated rings. The van der Waals surface area contributed by atoms with Gasteiger partial charge >= 0.3 is 6.09 Å². The third kappa shape index (κ3) is 6.48. The third-order valence-electron chi connectivity index (χ3n) is 1.63. The quantitative estimate of drug-likeness (QED) is 0.637. The molecule has 4 heteroatoms. The highest BCUT2D eigenvalue weighted by Gasteiger charge is 2.12. The second-order valence-electron chi connectivity index (χ2n) is 3.54. The van der Waals surface area contributed by atoms with Crippen molar-refractivity contribution in [2.75, 3.05) is 13.2 Å². The van der Waals surface area contributed by atoms with Crippen LogP contribution in [0.1, 0.15) is 20.3 Å². The maximum atomic E-state index is 11.1. The Morgan fingerprint density at radius 1 is 1.64 bits per heavy atom. The summed E-state index contributed by atoms with van der Waals surface area (Å²) in [4.78, 5) is 11.1. The van der Waals surface area contributed by atoms with Gasteiger partial charge in [0, 0.05) is 0 Å². The van der Waals surface area contributed by atoms with Crippen LogP contribution in [-0.2, 0) is 4.74 Å². The van der Waals surface area contributed by atoms with Crippen molar-refractivity contribution in [1.29, 1.82) is 0 Å². The maximum Gasteiger partial charge on any atom is 0.407 e. The summed E-state index contributed by atoms with van der Waals surface area (Å²) in [7, 11) is 0. The summed E-state index contributed by atoms with van der Waals surface area (Å²) in [5, 5.41) is 11.5. The molecule has 0 aromatic rings. The summed E-state index contributed by atoms with van der Waals surface area (Å²) < 4.78 is 4.73. The number of nitrogens with one attached hydrogen (secondary N) is 1. The van der Waals surface area contributed by atoms with Gasteiger partial charge in [-0.15, -0.1) is 0 Å². The molecule has 4 nitrogen and oxygen atoms in total. The van der Waals surface area contributed by atoms with Crippen molar-refractivity contribution in [3.63, 3.8) is 0 Å². The Balaban J connectivity index is 3.79. The van der Waals surface area contributed by atoms with Crippen LogP contribution in [0.5, 0.6) is 0 Å². The Morgan fingerprint density at radius 3 is 2.71 bits per heavy atom. The summed E-state index contributed by atoms with van der Waals surface area (Å²) in [6.45, 7) is 7.60. The van der Waals surface area contributed by atoms with Crippen LogP contribution < -0.4 is 5.32 Å². The van der Waals surface area contributed by atoms with Gasteiger partial charge in [-0.25, -0.2) is 4.79 Å². The first kappa shape index (κ1) is 13.0. The smallest absolute Gasteiger partial charge is 0.407 e. The van der Waals surface area contributed by atoms with E-state index in [0.717, 1.165) is 6.42 Å². The average molecular weight is 201 g/mol. The topological polar surface area (TPSA) is 58.6 Å². The summed E-state index contributed by atoms with van der Waals surface area (Å²) in [6, 6.07) is -0.229. The highest BCUT2D eigenvalue weighted by molar-refractivity contribution is 5.67. The molecule has 0 aromatic carbocycles. The first-order valence-corrected chi connectivity index (χ1v) is 4.75. The first-order valence-electron chi connectivity index (χ1n) is 4.75. The molecule has 14 heavy (non-hydrogen) atoms. The number of aliphatic hydroxyl groups excluding tert-OH is 1. The van der Waals surface area contributed by atoms with Crippen LogP contribution in [0.15, 0.2) is 12.7 Å². The molecular formula is C10H19NO3. The van der Waals surface area contributed by atoms with Crippen molar-refractivity contribution >= 4 is 6.09 Å². The number of hydrogen-bond acceptors (Lipinski definition) is 3. The molecule has 0 aliphatic heterocycles. The molecule has 0 saturated carbocycles.